The van der Waals surface area contributed by atoms with Gasteiger partial charge in [0.1, 0.15) is 0 Å². The van der Waals surface area contributed by atoms with Crippen LogP contribution in [0.3, 0.4) is 0 Å². The van der Waals surface area contributed by atoms with Crippen LogP contribution in [0.5, 0.6) is 0 Å². The second-order valence-electron chi connectivity index (χ2n) is 2.83. The van der Waals surface area contributed by atoms with Gasteiger partial charge in [-0.05, 0) is 23.9 Å². The van der Waals surface area contributed by atoms with E-state index in [-0.39, 0.29) is 0 Å². The topological polar surface area (TPSA) is 63.4 Å². The van der Waals surface area contributed by atoms with E-state index in [4.69, 9.17) is 5.14 Å². The molecule has 1 heterocycles. The Labute approximate surface area is 82.2 Å². The van der Waals surface area contributed by atoms with E-state index in [1.165, 1.54) is 18.4 Å². The lowest BCUT2D eigenvalue weighted by molar-refractivity contribution is 0.470. The molecule has 0 amide bonds. The first kappa shape index (κ1) is 10.6. The highest BCUT2D eigenvalue weighted by Gasteiger charge is 2.13. The summed E-state index contributed by atoms with van der Waals surface area (Å²) in [6, 6.07) is 1.96. The molecule has 0 unspecified atom stereocenters. The first-order valence-electron chi connectivity index (χ1n) is 3.68. The summed E-state index contributed by atoms with van der Waals surface area (Å²) < 4.78 is 22.9. The van der Waals surface area contributed by atoms with Gasteiger partial charge in [0.2, 0.25) is 0 Å². The van der Waals surface area contributed by atoms with Gasteiger partial charge in [0, 0.05) is 18.5 Å². The van der Waals surface area contributed by atoms with Crippen molar-refractivity contribution in [2.45, 2.75) is 13.5 Å². The summed E-state index contributed by atoms with van der Waals surface area (Å²) in [5.41, 5.74) is 1.10. The number of hydrogen-bond acceptors (Lipinski definition) is 3. The number of nitrogens with two attached hydrogens (primary N) is 1. The first-order chi connectivity index (χ1) is 5.91. The molecule has 1 rings (SSSR count). The molecule has 1 aromatic rings. The van der Waals surface area contributed by atoms with Crippen LogP contribution in [-0.4, -0.2) is 19.8 Å². The Bertz CT molecular complexity index is 383. The number of hydrogen-bond donors (Lipinski definition) is 1. The zero-order valence-corrected chi connectivity index (χ0v) is 9.15. The Morgan fingerprint density at radius 2 is 2.23 bits per heavy atom. The zero-order valence-electron chi connectivity index (χ0n) is 7.52. The summed E-state index contributed by atoms with van der Waals surface area (Å²) in [6.45, 7) is 2.30. The van der Waals surface area contributed by atoms with Crippen LogP contribution in [0.2, 0.25) is 0 Å². The number of rotatable bonds is 3. The predicted octanol–water partition coefficient (Wildman–Crippen LogP) is 0.692. The molecule has 4 nitrogen and oxygen atoms in total. The minimum atomic E-state index is -3.56. The van der Waals surface area contributed by atoms with Crippen LogP contribution < -0.4 is 5.14 Å². The number of thiophene rings is 1. The standard InChI is InChI=1S/C7H12N2O2S2/c1-6-3-4-12-7(6)5-9(2)13(8,10)11/h3-4H,5H2,1-2H3,(H2,8,10,11). The third-order valence-electron chi connectivity index (χ3n) is 1.77. The Kier molecular flexibility index (Phi) is 3.07. The second kappa shape index (κ2) is 3.75. The molecular weight excluding hydrogens is 208 g/mol. The van der Waals surface area contributed by atoms with E-state index in [1.54, 1.807) is 0 Å². The maximum absolute atomic E-state index is 10.9. The monoisotopic (exact) mass is 220 g/mol. The van der Waals surface area contributed by atoms with Crippen LogP contribution in [0, 0.1) is 6.92 Å². The van der Waals surface area contributed by atoms with Crippen LogP contribution in [-0.2, 0) is 16.8 Å². The molecule has 6 heteroatoms. The van der Waals surface area contributed by atoms with Gasteiger partial charge in [-0.25, -0.2) is 5.14 Å². The van der Waals surface area contributed by atoms with Crippen molar-refractivity contribution in [2.75, 3.05) is 7.05 Å². The van der Waals surface area contributed by atoms with E-state index >= 15 is 0 Å². The van der Waals surface area contributed by atoms with Gasteiger partial charge in [0.15, 0.2) is 0 Å². The summed E-state index contributed by atoms with van der Waals surface area (Å²) in [5, 5.41) is 6.88. The Morgan fingerprint density at radius 1 is 1.62 bits per heavy atom. The number of aryl methyl sites for hydroxylation is 1. The van der Waals surface area contributed by atoms with E-state index in [0.29, 0.717) is 6.54 Å². The van der Waals surface area contributed by atoms with Crippen molar-refractivity contribution in [1.29, 1.82) is 0 Å². The van der Waals surface area contributed by atoms with Crippen LogP contribution >= 0.6 is 11.3 Å². The zero-order chi connectivity index (χ0) is 10.1. The minimum Gasteiger partial charge on any atom is -0.216 e. The Hall–Kier alpha value is -0.430. The molecule has 0 spiro atoms. The summed E-state index contributed by atoms with van der Waals surface area (Å²) in [5.74, 6) is 0. The molecule has 0 aromatic carbocycles. The van der Waals surface area contributed by atoms with Gasteiger partial charge in [-0.3, -0.25) is 0 Å². The van der Waals surface area contributed by atoms with E-state index in [2.05, 4.69) is 0 Å². The highest BCUT2D eigenvalue weighted by Crippen LogP contribution is 2.17. The minimum absolute atomic E-state index is 0.350. The lowest BCUT2D eigenvalue weighted by Gasteiger charge is -2.12. The first-order valence-corrected chi connectivity index (χ1v) is 6.06. The molecule has 0 aliphatic rings. The maximum Gasteiger partial charge on any atom is 0.276 e. The lowest BCUT2D eigenvalue weighted by atomic mass is 10.3. The molecule has 0 bridgehead atoms. The van der Waals surface area contributed by atoms with Gasteiger partial charge in [-0.15, -0.1) is 11.3 Å². The van der Waals surface area contributed by atoms with Crippen molar-refractivity contribution < 1.29 is 8.42 Å². The summed E-state index contributed by atoms with van der Waals surface area (Å²) in [4.78, 5) is 1.02. The van der Waals surface area contributed by atoms with Crippen LogP contribution in [0.4, 0.5) is 0 Å². The van der Waals surface area contributed by atoms with Crippen molar-refractivity contribution in [3.05, 3.63) is 21.9 Å². The van der Waals surface area contributed by atoms with E-state index in [1.807, 2.05) is 18.4 Å². The molecule has 1 aromatic heterocycles. The van der Waals surface area contributed by atoms with Crippen molar-refractivity contribution in [3.8, 4) is 0 Å². The molecular formula is C7H12N2O2S2. The lowest BCUT2D eigenvalue weighted by Crippen LogP contribution is -2.32. The fraction of sp³-hybridized carbons (Fsp3) is 0.429. The SMILES string of the molecule is Cc1ccsc1CN(C)S(N)(=O)=O. The summed E-state index contributed by atoms with van der Waals surface area (Å²) >= 11 is 1.53. The molecule has 0 fully saturated rings. The molecule has 0 saturated carbocycles. The highest BCUT2D eigenvalue weighted by molar-refractivity contribution is 7.86. The molecule has 0 saturated heterocycles. The van der Waals surface area contributed by atoms with Gasteiger partial charge in [0.05, 0.1) is 0 Å². The van der Waals surface area contributed by atoms with Crippen molar-refractivity contribution in [3.63, 3.8) is 0 Å². The van der Waals surface area contributed by atoms with E-state index < -0.39 is 10.2 Å². The van der Waals surface area contributed by atoms with Gasteiger partial charge in [0.25, 0.3) is 10.2 Å². The third kappa shape index (κ3) is 2.77. The third-order valence-corrected chi connectivity index (χ3v) is 3.77. The summed E-state index contributed by atoms with van der Waals surface area (Å²) in [6.07, 6.45) is 0. The Balaban J connectivity index is 2.77. The molecule has 2 N–H and O–H groups in total. The average molecular weight is 220 g/mol. The van der Waals surface area contributed by atoms with E-state index in [0.717, 1.165) is 14.7 Å². The molecule has 13 heavy (non-hydrogen) atoms. The summed E-state index contributed by atoms with van der Waals surface area (Å²) in [7, 11) is -2.09. The molecule has 0 radical (unpaired) electrons. The fourth-order valence-electron chi connectivity index (χ4n) is 0.858. The van der Waals surface area contributed by atoms with Gasteiger partial charge >= 0.3 is 0 Å². The molecule has 0 atom stereocenters. The number of nitrogens with zero attached hydrogens (tertiary/aromatic N) is 1. The van der Waals surface area contributed by atoms with Crippen molar-refractivity contribution in [2.24, 2.45) is 5.14 Å². The van der Waals surface area contributed by atoms with Crippen molar-refractivity contribution >= 4 is 21.5 Å². The average Bonchev–Trinajstić information content (AvgIpc) is 2.34. The maximum atomic E-state index is 10.9. The smallest absolute Gasteiger partial charge is 0.216 e. The normalized spacial score (nSPS) is 12.3. The van der Waals surface area contributed by atoms with Gasteiger partial charge in [-0.2, -0.15) is 12.7 Å². The quantitative estimate of drug-likeness (QED) is 0.814. The largest absolute Gasteiger partial charge is 0.276 e. The van der Waals surface area contributed by atoms with Crippen LogP contribution in [0.1, 0.15) is 10.4 Å². The molecule has 0 aliphatic carbocycles. The molecule has 74 valence electrons. The highest BCUT2D eigenvalue weighted by atomic mass is 32.2. The van der Waals surface area contributed by atoms with Gasteiger partial charge < -0.3 is 0 Å². The fourth-order valence-corrected chi connectivity index (χ4v) is 2.21. The van der Waals surface area contributed by atoms with Crippen molar-refractivity contribution in [1.82, 2.24) is 4.31 Å². The van der Waals surface area contributed by atoms with Gasteiger partial charge in [-0.1, -0.05) is 0 Å². The van der Waals surface area contributed by atoms with E-state index in [9.17, 15) is 8.42 Å². The van der Waals surface area contributed by atoms with Crippen LogP contribution in [0.15, 0.2) is 11.4 Å². The second-order valence-corrected chi connectivity index (χ2v) is 5.48. The predicted molar refractivity (Wildman–Crippen MR) is 53.6 cm³/mol. The Morgan fingerprint density at radius 3 is 2.62 bits per heavy atom. The van der Waals surface area contributed by atoms with Crippen LogP contribution in [0.25, 0.3) is 0 Å². The molecule has 0 aliphatic heterocycles.